The lowest BCUT2D eigenvalue weighted by Crippen LogP contribution is -2.32. The number of nitrogens with one attached hydrogen (secondary N) is 2. The van der Waals surface area contributed by atoms with Gasteiger partial charge in [-0.15, -0.1) is 0 Å². The number of ether oxygens (including phenoxy) is 1. The molecule has 126 valence electrons. The molecule has 0 spiro atoms. The third-order valence-electron chi connectivity index (χ3n) is 4.21. The molecular weight excluding hydrogens is 338 g/mol. The first kappa shape index (κ1) is 15.7. The Hall–Kier alpha value is -2.79. The van der Waals surface area contributed by atoms with Crippen LogP contribution in [-0.2, 0) is 0 Å². The second-order valence-electron chi connectivity index (χ2n) is 5.85. The van der Waals surface area contributed by atoms with Crippen molar-refractivity contribution in [3.8, 4) is 17.0 Å². The van der Waals surface area contributed by atoms with Gasteiger partial charge in [-0.1, -0.05) is 41.9 Å². The summed E-state index contributed by atoms with van der Waals surface area (Å²) >= 11 is 5.90. The number of hydrogen-bond donors (Lipinski definition) is 2. The van der Waals surface area contributed by atoms with Crippen LogP contribution in [0.2, 0.25) is 5.02 Å². The van der Waals surface area contributed by atoms with Crippen LogP contribution in [0.1, 0.15) is 28.6 Å². The lowest BCUT2D eigenvalue weighted by atomic mass is 10.0. The Morgan fingerprint density at radius 3 is 2.84 bits per heavy atom. The van der Waals surface area contributed by atoms with Crippen molar-refractivity contribution < 1.29 is 9.53 Å². The lowest BCUT2D eigenvalue weighted by Gasteiger charge is -2.26. The Bertz CT molecular complexity index is 905. The van der Waals surface area contributed by atoms with Crippen molar-refractivity contribution in [3.05, 3.63) is 71.1 Å². The van der Waals surface area contributed by atoms with Gasteiger partial charge in [-0.3, -0.25) is 4.79 Å². The molecule has 0 aliphatic carbocycles. The number of rotatable bonds is 3. The van der Waals surface area contributed by atoms with Gasteiger partial charge in [0.25, 0.3) is 5.91 Å². The minimum Gasteiger partial charge on any atom is -0.493 e. The van der Waals surface area contributed by atoms with E-state index in [1.807, 2.05) is 36.4 Å². The van der Waals surface area contributed by atoms with Crippen LogP contribution in [0.25, 0.3) is 11.3 Å². The van der Waals surface area contributed by atoms with Crippen LogP contribution in [0.15, 0.2) is 54.7 Å². The van der Waals surface area contributed by atoms with Crippen molar-refractivity contribution in [2.45, 2.75) is 12.5 Å². The summed E-state index contributed by atoms with van der Waals surface area (Å²) in [6.07, 6.45) is 2.38. The van der Waals surface area contributed by atoms with E-state index in [0.717, 1.165) is 29.0 Å². The molecule has 2 heterocycles. The molecule has 1 aliphatic heterocycles. The van der Waals surface area contributed by atoms with Crippen molar-refractivity contribution in [1.29, 1.82) is 0 Å². The molecule has 0 saturated heterocycles. The SMILES string of the molecule is O=C(N[C@@H]1CCOc2ccccc21)c1ncc(-c2ccc(Cl)cc2)[nH]1. The van der Waals surface area contributed by atoms with Crippen LogP contribution in [0, 0.1) is 0 Å². The molecule has 0 fully saturated rings. The summed E-state index contributed by atoms with van der Waals surface area (Å²) < 4.78 is 5.63. The maximum atomic E-state index is 12.6. The fraction of sp³-hybridized carbons (Fsp3) is 0.158. The number of aromatic amines is 1. The van der Waals surface area contributed by atoms with E-state index in [1.54, 1.807) is 18.3 Å². The maximum Gasteiger partial charge on any atom is 0.287 e. The smallest absolute Gasteiger partial charge is 0.287 e. The summed E-state index contributed by atoms with van der Waals surface area (Å²) in [5.41, 5.74) is 2.69. The molecule has 6 heteroatoms. The fourth-order valence-electron chi connectivity index (χ4n) is 2.93. The molecule has 2 aromatic carbocycles. The molecule has 1 amide bonds. The second kappa shape index (κ2) is 6.61. The van der Waals surface area contributed by atoms with Crippen molar-refractivity contribution >= 4 is 17.5 Å². The highest BCUT2D eigenvalue weighted by Gasteiger charge is 2.24. The monoisotopic (exact) mass is 353 g/mol. The van der Waals surface area contributed by atoms with E-state index in [9.17, 15) is 4.79 Å². The Morgan fingerprint density at radius 1 is 1.20 bits per heavy atom. The molecule has 3 aromatic rings. The van der Waals surface area contributed by atoms with E-state index in [2.05, 4.69) is 15.3 Å². The van der Waals surface area contributed by atoms with Crippen LogP contribution in [0.5, 0.6) is 5.75 Å². The molecule has 1 aliphatic rings. The van der Waals surface area contributed by atoms with E-state index in [4.69, 9.17) is 16.3 Å². The molecule has 0 saturated carbocycles. The topological polar surface area (TPSA) is 67.0 Å². The van der Waals surface area contributed by atoms with Gasteiger partial charge >= 0.3 is 0 Å². The highest BCUT2D eigenvalue weighted by atomic mass is 35.5. The van der Waals surface area contributed by atoms with E-state index < -0.39 is 0 Å². The molecule has 1 atom stereocenters. The molecule has 4 rings (SSSR count). The Morgan fingerprint density at radius 2 is 2.00 bits per heavy atom. The fourth-order valence-corrected chi connectivity index (χ4v) is 3.06. The Labute approximate surface area is 150 Å². The highest BCUT2D eigenvalue weighted by Crippen LogP contribution is 2.31. The van der Waals surface area contributed by atoms with E-state index in [-0.39, 0.29) is 17.8 Å². The molecule has 0 radical (unpaired) electrons. The molecule has 1 aromatic heterocycles. The second-order valence-corrected chi connectivity index (χ2v) is 6.29. The highest BCUT2D eigenvalue weighted by molar-refractivity contribution is 6.30. The average molecular weight is 354 g/mol. The van der Waals surface area contributed by atoms with Crippen molar-refractivity contribution in [1.82, 2.24) is 15.3 Å². The molecule has 0 bridgehead atoms. The van der Waals surface area contributed by atoms with Gasteiger partial charge in [0.2, 0.25) is 0 Å². The normalized spacial score (nSPS) is 16.0. The first-order chi connectivity index (χ1) is 12.2. The standard InChI is InChI=1S/C19H16ClN3O2/c20-13-7-5-12(6-8-13)16-11-21-18(22-16)19(24)23-15-9-10-25-17-4-2-1-3-14(15)17/h1-8,11,15H,9-10H2,(H,21,22)(H,23,24)/t15-/m1/s1. The number of aromatic nitrogens is 2. The molecule has 2 N–H and O–H groups in total. The Kier molecular flexibility index (Phi) is 4.15. The zero-order chi connectivity index (χ0) is 17.2. The zero-order valence-electron chi connectivity index (χ0n) is 13.3. The van der Waals surface area contributed by atoms with Gasteiger partial charge in [-0.25, -0.2) is 4.98 Å². The number of fused-ring (bicyclic) bond motifs is 1. The van der Waals surface area contributed by atoms with Gasteiger partial charge in [-0.2, -0.15) is 0 Å². The first-order valence-corrected chi connectivity index (χ1v) is 8.42. The van der Waals surface area contributed by atoms with Crippen molar-refractivity contribution in [2.24, 2.45) is 0 Å². The summed E-state index contributed by atoms with van der Waals surface area (Å²) in [6, 6.07) is 15.0. The van der Waals surface area contributed by atoms with Gasteiger partial charge in [0.15, 0.2) is 5.82 Å². The third kappa shape index (κ3) is 3.23. The lowest BCUT2D eigenvalue weighted by molar-refractivity contribution is 0.0915. The van der Waals surface area contributed by atoms with Crippen LogP contribution in [0.4, 0.5) is 0 Å². The van der Waals surface area contributed by atoms with Gasteiger partial charge in [0.1, 0.15) is 5.75 Å². The van der Waals surface area contributed by atoms with Gasteiger partial charge in [0.05, 0.1) is 24.5 Å². The first-order valence-electron chi connectivity index (χ1n) is 8.04. The minimum atomic E-state index is -0.234. The number of carbonyl (C=O) groups is 1. The zero-order valence-corrected chi connectivity index (χ0v) is 14.1. The number of halogens is 1. The summed E-state index contributed by atoms with van der Waals surface area (Å²) in [5, 5.41) is 3.70. The van der Waals surface area contributed by atoms with Crippen LogP contribution in [0.3, 0.4) is 0 Å². The number of hydrogen-bond acceptors (Lipinski definition) is 3. The molecule has 25 heavy (non-hydrogen) atoms. The number of nitrogens with zero attached hydrogens (tertiary/aromatic N) is 1. The molecule has 5 nitrogen and oxygen atoms in total. The van der Waals surface area contributed by atoms with Gasteiger partial charge in [-0.05, 0) is 23.8 Å². The van der Waals surface area contributed by atoms with Crippen LogP contribution >= 0.6 is 11.6 Å². The summed E-state index contributed by atoms with van der Waals surface area (Å²) in [4.78, 5) is 19.8. The number of carbonyl (C=O) groups excluding carboxylic acids is 1. The number of H-pyrrole nitrogens is 1. The Balaban J connectivity index is 1.52. The predicted octanol–water partition coefficient (Wildman–Crippen LogP) is 3.98. The quantitative estimate of drug-likeness (QED) is 0.748. The number of para-hydroxylation sites is 1. The van der Waals surface area contributed by atoms with Crippen LogP contribution < -0.4 is 10.1 Å². The van der Waals surface area contributed by atoms with E-state index in [0.29, 0.717) is 11.6 Å². The maximum absolute atomic E-state index is 12.6. The van der Waals surface area contributed by atoms with Gasteiger partial charge < -0.3 is 15.0 Å². The van der Waals surface area contributed by atoms with Gasteiger partial charge in [0, 0.05) is 17.0 Å². The summed E-state index contributed by atoms with van der Waals surface area (Å²) in [5.74, 6) is 0.871. The van der Waals surface area contributed by atoms with E-state index in [1.165, 1.54) is 0 Å². The van der Waals surface area contributed by atoms with Crippen molar-refractivity contribution in [3.63, 3.8) is 0 Å². The predicted molar refractivity (Wildman–Crippen MR) is 95.8 cm³/mol. The summed E-state index contributed by atoms with van der Waals surface area (Å²) in [7, 11) is 0. The molecule has 0 unspecified atom stereocenters. The molecular formula is C19H16ClN3O2. The summed E-state index contributed by atoms with van der Waals surface area (Å²) in [6.45, 7) is 0.580. The number of amides is 1. The van der Waals surface area contributed by atoms with E-state index >= 15 is 0 Å². The van der Waals surface area contributed by atoms with Crippen molar-refractivity contribution in [2.75, 3.05) is 6.61 Å². The number of benzene rings is 2. The van der Waals surface area contributed by atoms with Crippen LogP contribution in [-0.4, -0.2) is 22.5 Å². The minimum absolute atomic E-state index is 0.0819. The third-order valence-corrected chi connectivity index (χ3v) is 4.46. The number of imidazole rings is 1. The average Bonchev–Trinajstić information content (AvgIpc) is 3.13. The largest absolute Gasteiger partial charge is 0.493 e.